The summed E-state index contributed by atoms with van der Waals surface area (Å²) < 4.78 is 5.65. The van der Waals surface area contributed by atoms with Gasteiger partial charge in [-0.1, -0.05) is 38.4 Å². The first-order valence-electron chi connectivity index (χ1n) is 5.57. The normalized spacial score (nSPS) is 11.3. The van der Waals surface area contributed by atoms with Crippen molar-refractivity contribution in [3.8, 4) is 5.75 Å². The standard InChI is InChI=1S/C13H19ClN2O/c1-13(2,3)7-8-17-10-6-4-5-9(14)11(10)12(15)16/h4-6H,7-8H2,1-3H3,(H3,15,16). The van der Waals surface area contributed by atoms with Crippen LogP contribution in [0.15, 0.2) is 18.2 Å². The van der Waals surface area contributed by atoms with Gasteiger partial charge in [-0.25, -0.2) is 0 Å². The number of rotatable bonds is 4. The number of hydrogen-bond donors (Lipinski definition) is 2. The number of hydrogen-bond acceptors (Lipinski definition) is 2. The first-order valence-corrected chi connectivity index (χ1v) is 5.95. The molecule has 0 saturated carbocycles. The third-order valence-corrected chi connectivity index (χ3v) is 2.67. The molecule has 0 unspecified atom stereocenters. The molecule has 0 aliphatic heterocycles. The summed E-state index contributed by atoms with van der Waals surface area (Å²) in [6.07, 6.45) is 0.927. The smallest absolute Gasteiger partial charge is 0.131 e. The fourth-order valence-corrected chi connectivity index (χ4v) is 1.62. The lowest BCUT2D eigenvalue weighted by atomic mass is 9.93. The third kappa shape index (κ3) is 4.27. The van der Waals surface area contributed by atoms with Crippen molar-refractivity contribution in [3.05, 3.63) is 28.8 Å². The molecule has 0 amide bonds. The number of benzene rings is 1. The molecule has 94 valence electrons. The Morgan fingerprint density at radius 3 is 2.59 bits per heavy atom. The lowest BCUT2D eigenvalue weighted by Crippen LogP contribution is -2.16. The molecule has 0 aromatic heterocycles. The molecule has 0 saturated heterocycles. The van der Waals surface area contributed by atoms with Crippen LogP contribution in [0.3, 0.4) is 0 Å². The Morgan fingerprint density at radius 2 is 2.06 bits per heavy atom. The molecule has 3 N–H and O–H groups in total. The fraction of sp³-hybridized carbons (Fsp3) is 0.462. The van der Waals surface area contributed by atoms with E-state index in [1.54, 1.807) is 18.2 Å². The van der Waals surface area contributed by atoms with Crippen LogP contribution >= 0.6 is 11.6 Å². The van der Waals surface area contributed by atoms with Crippen LogP contribution in [0.25, 0.3) is 0 Å². The summed E-state index contributed by atoms with van der Waals surface area (Å²) in [5.41, 5.74) is 6.18. The van der Waals surface area contributed by atoms with Gasteiger partial charge in [0.1, 0.15) is 11.6 Å². The van der Waals surface area contributed by atoms with Crippen molar-refractivity contribution in [3.63, 3.8) is 0 Å². The van der Waals surface area contributed by atoms with Gasteiger partial charge in [-0.3, -0.25) is 5.41 Å². The number of amidine groups is 1. The molecular formula is C13H19ClN2O. The zero-order chi connectivity index (χ0) is 13.1. The highest BCUT2D eigenvalue weighted by molar-refractivity contribution is 6.34. The average Bonchev–Trinajstić information content (AvgIpc) is 2.14. The molecule has 0 aliphatic rings. The molecule has 3 nitrogen and oxygen atoms in total. The predicted octanol–water partition coefficient (Wildman–Crippen LogP) is 3.44. The second kappa shape index (κ2) is 5.41. The molecule has 0 heterocycles. The van der Waals surface area contributed by atoms with Crippen molar-refractivity contribution < 1.29 is 4.74 Å². The van der Waals surface area contributed by atoms with Gasteiger partial charge in [-0.05, 0) is 24.0 Å². The number of halogens is 1. The maximum absolute atomic E-state index is 7.49. The molecule has 0 aliphatic carbocycles. The van der Waals surface area contributed by atoms with E-state index in [0.29, 0.717) is 22.9 Å². The summed E-state index contributed by atoms with van der Waals surface area (Å²) in [4.78, 5) is 0. The van der Waals surface area contributed by atoms with E-state index in [0.717, 1.165) is 6.42 Å². The minimum atomic E-state index is -0.0682. The molecule has 0 radical (unpaired) electrons. The molecule has 1 aromatic carbocycles. The van der Waals surface area contributed by atoms with Crippen LogP contribution in [0.2, 0.25) is 5.02 Å². The van der Waals surface area contributed by atoms with E-state index < -0.39 is 0 Å². The molecule has 0 spiro atoms. The lowest BCUT2D eigenvalue weighted by Gasteiger charge is -2.19. The highest BCUT2D eigenvalue weighted by atomic mass is 35.5. The Balaban J connectivity index is 2.78. The molecule has 4 heteroatoms. The van der Waals surface area contributed by atoms with Crippen LogP contribution in [0.4, 0.5) is 0 Å². The predicted molar refractivity (Wildman–Crippen MR) is 72.0 cm³/mol. The Morgan fingerprint density at radius 1 is 1.41 bits per heavy atom. The van der Waals surface area contributed by atoms with Crippen molar-refractivity contribution in [1.29, 1.82) is 5.41 Å². The topological polar surface area (TPSA) is 59.1 Å². The Hall–Kier alpha value is -1.22. The summed E-state index contributed by atoms with van der Waals surface area (Å²) in [6, 6.07) is 5.28. The van der Waals surface area contributed by atoms with Crippen molar-refractivity contribution >= 4 is 17.4 Å². The summed E-state index contributed by atoms with van der Waals surface area (Å²) in [7, 11) is 0. The zero-order valence-electron chi connectivity index (χ0n) is 10.5. The average molecular weight is 255 g/mol. The van der Waals surface area contributed by atoms with Gasteiger partial charge < -0.3 is 10.5 Å². The Labute approximate surface area is 107 Å². The molecule has 0 bridgehead atoms. The highest BCUT2D eigenvalue weighted by Crippen LogP contribution is 2.27. The number of nitrogens with two attached hydrogens (primary N) is 1. The quantitative estimate of drug-likeness (QED) is 0.639. The van der Waals surface area contributed by atoms with E-state index >= 15 is 0 Å². The molecule has 0 fully saturated rings. The van der Waals surface area contributed by atoms with E-state index in [1.807, 2.05) is 0 Å². The molecule has 17 heavy (non-hydrogen) atoms. The van der Waals surface area contributed by atoms with Gasteiger partial charge in [0.2, 0.25) is 0 Å². The van der Waals surface area contributed by atoms with Gasteiger partial charge >= 0.3 is 0 Å². The van der Waals surface area contributed by atoms with Gasteiger partial charge in [0, 0.05) is 0 Å². The second-order valence-electron chi connectivity index (χ2n) is 5.19. The van der Waals surface area contributed by atoms with E-state index in [9.17, 15) is 0 Å². The van der Waals surface area contributed by atoms with Crippen molar-refractivity contribution in [2.45, 2.75) is 27.2 Å². The van der Waals surface area contributed by atoms with E-state index in [1.165, 1.54) is 0 Å². The second-order valence-corrected chi connectivity index (χ2v) is 5.59. The number of nitrogens with one attached hydrogen (secondary N) is 1. The van der Waals surface area contributed by atoms with Crippen LogP contribution in [-0.2, 0) is 0 Å². The van der Waals surface area contributed by atoms with Gasteiger partial charge in [0.15, 0.2) is 0 Å². The van der Waals surface area contributed by atoms with Crippen molar-refractivity contribution in [2.24, 2.45) is 11.1 Å². The van der Waals surface area contributed by atoms with Crippen LogP contribution in [0.5, 0.6) is 5.75 Å². The van der Waals surface area contributed by atoms with Crippen LogP contribution in [0.1, 0.15) is 32.8 Å². The van der Waals surface area contributed by atoms with Gasteiger partial charge in [-0.2, -0.15) is 0 Å². The van der Waals surface area contributed by atoms with E-state index in [4.69, 9.17) is 27.5 Å². The number of nitrogen functional groups attached to an aromatic ring is 1. The largest absolute Gasteiger partial charge is 0.493 e. The minimum absolute atomic E-state index is 0.0682. The summed E-state index contributed by atoms with van der Waals surface area (Å²) in [6.45, 7) is 7.05. The monoisotopic (exact) mass is 254 g/mol. The first kappa shape index (κ1) is 13.8. The number of ether oxygens (including phenoxy) is 1. The SMILES string of the molecule is CC(C)(C)CCOc1cccc(Cl)c1C(=N)N. The zero-order valence-corrected chi connectivity index (χ0v) is 11.3. The van der Waals surface area contributed by atoms with Crippen molar-refractivity contribution in [1.82, 2.24) is 0 Å². The van der Waals surface area contributed by atoms with Crippen molar-refractivity contribution in [2.75, 3.05) is 6.61 Å². The van der Waals surface area contributed by atoms with Crippen LogP contribution in [-0.4, -0.2) is 12.4 Å². The van der Waals surface area contributed by atoms with Gasteiger partial charge in [-0.15, -0.1) is 0 Å². The Bertz CT molecular complexity index is 410. The third-order valence-electron chi connectivity index (χ3n) is 2.35. The molecule has 1 rings (SSSR count). The molecule has 1 aromatic rings. The van der Waals surface area contributed by atoms with Crippen LogP contribution in [0, 0.1) is 10.8 Å². The fourth-order valence-electron chi connectivity index (χ4n) is 1.35. The van der Waals surface area contributed by atoms with Gasteiger partial charge in [0.25, 0.3) is 0 Å². The molecule has 0 atom stereocenters. The molecular weight excluding hydrogens is 236 g/mol. The van der Waals surface area contributed by atoms with Gasteiger partial charge in [0.05, 0.1) is 17.2 Å². The summed E-state index contributed by atoms with van der Waals surface area (Å²) >= 11 is 5.99. The Kier molecular flexibility index (Phi) is 4.40. The summed E-state index contributed by atoms with van der Waals surface area (Å²) in [5, 5.41) is 7.94. The first-order chi connectivity index (χ1) is 7.81. The highest BCUT2D eigenvalue weighted by Gasteiger charge is 2.13. The maximum atomic E-state index is 7.49. The van der Waals surface area contributed by atoms with E-state index in [2.05, 4.69) is 20.8 Å². The maximum Gasteiger partial charge on any atom is 0.131 e. The summed E-state index contributed by atoms with van der Waals surface area (Å²) in [5.74, 6) is 0.510. The minimum Gasteiger partial charge on any atom is -0.493 e. The lowest BCUT2D eigenvalue weighted by molar-refractivity contribution is 0.242. The van der Waals surface area contributed by atoms with Crippen LogP contribution < -0.4 is 10.5 Å². The van der Waals surface area contributed by atoms with E-state index in [-0.39, 0.29) is 11.3 Å².